The van der Waals surface area contributed by atoms with Gasteiger partial charge in [0.15, 0.2) is 0 Å². The maximum atomic E-state index is 5.39. The van der Waals surface area contributed by atoms with Crippen LogP contribution in [0.1, 0.15) is 62.1 Å². The second-order valence-electron chi connectivity index (χ2n) is 6.01. The summed E-state index contributed by atoms with van der Waals surface area (Å²) in [5, 5.41) is 3.91. The summed E-state index contributed by atoms with van der Waals surface area (Å²) in [6.45, 7) is 0. The van der Waals surface area contributed by atoms with Gasteiger partial charge in [-0.1, -0.05) is 25.3 Å². The average Bonchev–Trinajstić information content (AvgIpc) is 2.48. The normalized spacial score (nSPS) is 23.9. The molecule has 2 aliphatic rings. The van der Waals surface area contributed by atoms with Crippen LogP contribution in [0.25, 0.3) is 0 Å². The van der Waals surface area contributed by atoms with Crippen molar-refractivity contribution in [1.29, 1.82) is 0 Å². The van der Waals surface area contributed by atoms with Crippen LogP contribution in [0, 0.1) is 0 Å². The summed E-state index contributed by atoms with van der Waals surface area (Å²) in [5.41, 5.74) is 3.00. The largest absolute Gasteiger partial charge is 0.497 e. The van der Waals surface area contributed by atoms with E-state index < -0.39 is 0 Å². The van der Waals surface area contributed by atoms with Crippen LogP contribution in [0.5, 0.6) is 5.75 Å². The first kappa shape index (κ1) is 13.0. The van der Waals surface area contributed by atoms with Gasteiger partial charge in [0.05, 0.1) is 7.11 Å². The Morgan fingerprint density at radius 2 is 1.89 bits per heavy atom. The number of rotatable bonds is 3. The molecule has 1 fully saturated rings. The van der Waals surface area contributed by atoms with Gasteiger partial charge in [0, 0.05) is 12.1 Å². The van der Waals surface area contributed by atoms with Crippen molar-refractivity contribution in [3.05, 3.63) is 29.3 Å². The smallest absolute Gasteiger partial charge is 0.119 e. The van der Waals surface area contributed by atoms with Crippen molar-refractivity contribution in [1.82, 2.24) is 5.32 Å². The quantitative estimate of drug-likeness (QED) is 0.886. The van der Waals surface area contributed by atoms with E-state index in [1.165, 1.54) is 62.5 Å². The number of nitrogens with one attached hydrogen (secondary N) is 1. The molecule has 1 aromatic rings. The molecule has 3 rings (SSSR count). The first-order chi connectivity index (χ1) is 9.36. The molecule has 2 heteroatoms. The van der Waals surface area contributed by atoms with Crippen molar-refractivity contribution in [3.63, 3.8) is 0 Å². The van der Waals surface area contributed by atoms with E-state index >= 15 is 0 Å². The Balaban J connectivity index is 1.76. The first-order valence-electron chi connectivity index (χ1n) is 7.79. The lowest BCUT2D eigenvalue weighted by molar-refractivity contribution is 0.320. The number of aryl methyl sites for hydroxylation is 1. The highest BCUT2D eigenvalue weighted by Gasteiger charge is 2.24. The molecule has 104 valence electrons. The third kappa shape index (κ3) is 2.94. The lowest BCUT2D eigenvalue weighted by atomic mass is 9.86. The molecular formula is C17H25NO. The summed E-state index contributed by atoms with van der Waals surface area (Å²) in [5.74, 6) is 0.996. The van der Waals surface area contributed by atoms with E-state index in [1.807, 2.05) is 0 Å². The van der Waals surface area contributed by atoms with Crippen LogP contribution in [0.2, 0.25) is 0 Å². The van der Waals surface area contributed by atoms with Gasteiger partial charge in [-0.2, -0.15) is 0 Å². The van der Waals surface area contributed by atoms with E-state index in [9.17, 15) is 0 Å². The van der Waals surface area contributed by atoms with Crippen LogP contribution < -0.4 is 10.1 Å². The van der Waals surface area contributed by atoms with Gasteiger partial charge in [-0.3, -0.25) is 0 Å². The van der Waals surface area contributed by atoms with E-state index in [4.69, 9.17) is 4.74 Å². The lowest BCUT2D eigenvalue weighted by Crippen LogP contribution is -2.36. The van der Waals surface area contributed by atoms with Crippen molar-refractivity contribution in [2.45, 2.75) is 63.5 Å². The van der Waals surface area contributed by atoms with E-state index in [0.717, 1.165) is 11.8 Å². The van der Waals surface area contributed by atoms with E-state index in [2.05, 4.69) is 23.5 Å². The Labute approximate surface area is 116 Å². The first-order valence-corrected chi connectivity index (χ1v) is 7.79. The number of ether oxygens (including phenoxy) is 1. The second-order valence-corrected chi connectivity index (χ2v) is 6.01. The van der Waals surface area contributed by atoms with Crippen LogP contribution in [-0.2, 0) is 6.42 Å². The number of hydrogen-bond acceptors (Lipinski definition) is 2. The van der Waals surface area contributed by atoms with Gasteiger partial charge < -0.3 is 10.1 Å². The zero-order valence-corrected chi connectivity index (χ0v) is 12.0. The van der Waals surface area contributed by atoms with Crippen LogP contribution in [0.3, 0.4) is 0 Å². The molecule has 0 saturated heterocycles. The van der Waals surface area contributed by atoms with Gasteiger partial charge in [0.1, 0.15) is 5.75 Å². The molecule has 1 N–H and O–H groups in total. The van der Waals surface area contributed by atoms with Crippen LogP contribution in [0.15, 0.2) is 18.2 Å². The molecule has 0 bridgehead atoms. The van der Waals surface area contributed by atoms with Gasteiger partial charge in [0.2, 0.25) is 0 Å². The molecule has 0 spiro atoms. The third-order valence-corrected chi connectivity index (χ3v) is 4.71. The molecule has 1 unspecified atom stereocenters. The fourth-order valence-corrected chi connectivity index (χ4v) is 3.63. The number of benzene rings is 1. The maximum Gasteiger partial charge on any atom is 0.119 e. The SMILES string of the molecule is COc1ccc2c(c1)C(NC1CCCCC1)CCC2. The lowest BCUT2D eigenvalue weighted by Gasteiger charge is -2.32. The summed E-state index contributed by atoms with van der Waals surface area (Å²) >= 11 is 0. The minimum atomic E-state index is 0.543. The van der Waals surface area contributed by atoms with E-state index in [-0.39, 0.29) is 0 Å². The summed E-state index contributed by atoms with van der Waals surface area (Å²) < 4.78 is 5.39. The number of fused-ring (bicyclic) bond motifs is 1. The highest BCUT2D eigenvalue weighted by atomic mass is 16.5. The van der Waals surface area contributed by atoms with Crippen molar-refractivity contribution in [2.75, 3.05) is 7.11 Å². The monoisotopic (exact) mass is 259 g/mol. The molecule has 0 radical (unpaired) electrons. The molecule has 0 aromatic heterocycles. The van der Waals surface area contributed by atoms with Crippen molar-refractivity contribution in [3.8, 4) is 5.75 Å². The molecule has 1 aromatic carbocycles. The Kier molecular flexibility index (Phi) is 4.07. The minimum Gasteiger partial charge on any atom is -0.497 e. The standard InChI is InChI=1S/C17H25NO/c1-19-15-11-10-13-6-5-9-17(16(13)12-15)18-14-7-3-2-4-8-14/h10-12,14,17-18H,2-9H2,1H3. The topological polar surface area (TPSA) is 21.3 Å². The van der Waals surface area contributed by atoms with Crippen LogP contribution >= 0.6 is 0 Å². The van der Waals surface area contributed by atoms with Gasteiger partial charge in [-0.15, -0.1) is 0 Å². The molecule has 19 heavy (non-hydrogen) atoms. The predicted octanol–water partition coefficient (Wildman–Crippen LogP) is 3.99. The fourth-order valence-electron chi connectivity index (χ4n) is 3.63. The van der Waals surface area contributed by atoms with Crippen molar-refractivity contribution in [2.24, 2.45) is 0 Å². The van der Waals surface area contributed by atoms with Crippen molar-refractivity contribution < 1.29 is 4.74 Å². The van der Waals surface area contributed by atoms with E-state index in [0.29, 0.717) is 6.04 Å². The van der Waals surface area contributed by atoms with Gasteiger partial charge in [-0.25, -0.2) is 0 Å². The highest BCUT2D eigenvalue weighted by molar-refractivity contribution is 5.39. The molecule has 0 amide bonds. The summed E-state index contributed by atoms with van der Waals surface area (Å²) in [7, 11) is 1.76. The summed E-state index contributed by atoms with van der Waals surface area (Å²) in [6.07, 6.45) is 10.7. The Bertz CT molecular complexity index is 423. The molecule has 0 aliphatic heterocycles. The second kappa shape index (κ2) is 5.96. The number of hydrogen-bond donors (Lipinski definition) is 1. The average molecular weight is 259 g/mol. The third-order valence-electron chi connectivity index (χ3n) is 4.71. The van der Waals surface area contributed by atoms with Gasteiger partial charge in [0.25, 0.3) is 0 Å². The zero-order valence-electron chi connectivity index (χ0n) is 12.0. The van der Waals surface area contributed by atoms with Crippen molar-refractivity contribution >= 4 is 0 Å². The minimum absolute atomic E-state index is 0.543. The Morgan fingerprint density at radius 1 is 1.05 bits per heavy atom. The van der Waals surface area contributed by atoms with Gasteiger partial charge >= 0.3 is 0 Å². The highest BCUT2D eigenvalue weighted by Crippen LogP contribution is 2.33. The zero-order chi connectivity index (χ0) is 13.1. The Hall–Kier alpha value is -1.02. The van der Waals surface area contributed by atoms with E-state index in [1.54, 1.807) is 7.11 Å². The molecule has 0 heterocycles. The summed E-state index contributed by atoms with van der Waals surface area (Å²) in [6, 6.07) is 7.87. The number of methoxy groups -OCH3 is 1. The van der Waals surface area contributed by atoms with Crippen LogP contribution in [-0.4, -0.2) is 13.2 Å². The summed E-state index contributed by atoms with van der Waals surface area (Å²) in [4.78, 5) is 0. The van der Waals surface area contributed by atoms with Crippen LogP contribution in [0.4, 0.5) is 0 Å². The molecule has 1 saturated carbocycles. The molecular weight excluding hydrogens is 234 g/mol. The maximum absolute atomic E-state index is 5.39. The molecule has 2 nitrogen and oxygen atoms in total. The van der Waals surface area contributed by atoms with Gasteiger partial charge in [-0.05, 0) is 55.4 Å². The Morgan fingerprint density at radius 3 is 2.68 bits per heavy atom. The molecule has 1 atom stereocenters. The molecule has 2 aliphatic carbocycles. The predicted molar refractivity (Wildman–Crippen MR) is 78.7 cm³/mol. The fraction of sp³-hybridized carbons (Fsp3) is 0.647.